The molecule has 1 N–H and O–H groups in total. The molecule has 0 radical (unpaired) electrons. The number of hydrogen-bond donors (Lipinski definition) is 1. The molecule has 3 nitrogen and oxygen atoms in total. The molecule has 13 heavy (non-hydrogen) atoms. The van der Waals surface area contributed by atoms with Crippen LogP contribution in [0, 0.1) is 5.92 Å². The van der Waals surface area contributed by atoms with Crippen molar-refractivity contribution in [2.45, 2.75) is 39.2 Å². The van der Waals surface area contributed by atoms with Crippen molar-refractivity contribution in [3.63, 3.8) is 0 Å². The Labute approximate surface area is 79.8 Å². The van der Waals surface area contributed by atoms with E-state index in [1.54, 1.807) is 0 Å². The summed E-state index contributed by atoms with van der Waals surface area (Å²) in [4.78, 5) is 11.2. The molecule has 0 heterocycles. The summed E-state index contributed by atoms with van der Waals surface area (Å²) in [5.74, 6) is 0.765. The highest BCUT2D eigenvalue weighted by Gasteiger charge is 2.36. The van der Waals surface area contributed by atoms with E-state index in [4.69, 9.17) is 4.74 Å². The molecule has 3 heteroatoms. The highest BCUT2D eigenvalue weighted by atomic mass is 16.5. The second-order valence-electron chi connectivity index (χ2n) is 3.60. The van der Waals surface area contributed by atoms with Crippen molar-refractivity contribution < 1.29 is 9.53 Å². The first-order chi connectivity index (χ1) is 6.27. The van der Waals surface area contributed by atoms with Gasteiger partial charge in [0.25, 0.3) is 0 Å². The van der Waals surface area contributed by atoms with Crippen LogP contribution < -0.4 is 5.32 Å². The van der Waals surface area contributed by atoms with Crippen LogP contribution in [0.15, 0.2) is 0 Å². The molecular formula is C10H19NO2. The number of amides is 1. The summed E-state index contributed by atoms with van der Waals surface area (Å²) in [6.07, 6.45) is 3.60. The number of carbonyl (C=O) groups is 1. The Kier molecular flexibility index (Phi) is 4.22. The van der Waals surface area contributed by atoms with Crippen LogP contribution in [0.5, 0.6) is 0 Å². The van der Waals surface area contributed by atoms with Crippen molar-refractivity contribution in [2.75, 3.05) is 13.2 Å². The Hall–Kier alpha value is -0.570. The van der Waals surface area contributed by atoms with Gasteiger partial charge in [-0.3, -0.25) is 4.79 Å². The van der Waals surface area contributed by atoms with E-state index in [-0.39, 0.29) is 12.5 Å². The van der Waals surface area contributed by atoms with Gasteiger partial charge in [-0.05, 0) is 25.7 Å². The average Bonchev–Trinajstić information content (AvgIpc) is 2.81. The Morgan fingerprint density at radius 1 is 1.54 bits per heavy atom. The zero-order valence-electron chi connectivity index (χ0n) is 8.51. The van der Waals surface area contributed by atoms with E-state index in [1.807, 2.05) is 6.92 Å². The van der Waals surface area contributed by atoms with Crippen molar-refractivity contribution >= 4 is 5.91 Å². The van der Waals surface area contributed by atoms with E-state index in [2.05, 4.69) is 12.2 Å². The van der Waals surface area contributed by atoms with E-state index in [1.165, 1.54) is 12.8 Å². The fourth-order valence-electron chi connectivity index (χ4n) is 1.56. The van der Waals surface area contributed by atoms with Crippen molar-refractivity contribution in [2.24, 2.45) is 5.92 Å². The predicted octanol–water partition coefficient (Wildman–Crippen LogP) is 1.33. The molecule has 0 aromatic heterocycles. The fourth-order valence-corrected chi connectivity index (χ4v) is 1.56. The zero-order valence-corrected chi connectivity index (χ0v) is 8.51. The van der Waals surface area contributed by atoms with Gasteiger partial charge in [-0.15, -0.1) is 0 Å². The van der Waals surface area contributed by atoms with E-state index >= 15 is 0 Å². The van der Waals surface area contributed by atoms with Crippen LogP contribution in [0.4, 0.5) is 0 Å². The summed E-state index contributed by atoms with van der Waals surface area (Å²) in [6, 6.07) is 0.438. The second-order valence-corrected chi connectivity index (χ2v) is 3.60. The molecule has 0 aliphatic heterocycles. The topological polar surface area (TPSA) is 38.3 Å². The van der Waals surface area contributed by atoms with Crippen LogP contribution in [0.25, 0.3) is 0 Å². The monoisotopic (exact) mass is 185 g/mol. The van der Waals surface area contributed by atoms with E-state index in [9.17, 15) is 4.79 Å². The first-order valence-corrected chi connectivity index (χ1v) is 5.15. The van der Waals surface area contributed by atoms with Crippen LogP contribution in [0.1, 0.15) is 33.1 Å². The third-order valence-electron chi connectivity index (χ3n) is 2.37. The van der Waals surface area contributed by atoms with Gasteiger partial charge in [0.05, 0.1) is 0 Å². The maximum absolute atomic E-state index is 11.2. The summed E-state index contributed by atoms with van der Waals surface area (Å²) < 4.78 is 5.01. The van der Waals surface area contributed by atoms with Gasteiger partial charge in [-0.2, -0.15) is 0 Å². The van der Waals surface area contributed by atoms with Crippen LogP contribution in [0.2, 0.25) is 0 Å². The quantitative estimate of drug-likeness (QED) is 0.678. The lowest BCUT2D eigenvalue weighted by atomic mass is 10.2. The minimum absolute atomic E-state index is 0.0328. The molecule has 1 saturated carbocycles. The van der Waals surface area contributed by atoms with E-state index in [0.29, 0.717) is 12.6 Å². The van der Waals surface area contributed by atoms with Crippen LogP contribution >= 0.6 is 0 Å². The SMILES string of the molecule is CCCC1CC1NC(=O)COCC. The number of ether oxygens (including phenoxy) is 1. The Morgan fingerprint density at radius 3 is 2.92 bits per heavy atom. The molecule has 2 atom stereocenters. The Bertz CT molecular complexity index is 170. The van der Waals surface area contributed by atoms with Crippen molar-refractivity contribution in [1.82, 2.24) is 5.32 Å². The van der Waals surface area contributed by atoms with Crippen molar-refractivity contribution in [3.8, 4) is 0 Å². The number of carbonyl (C=O) groups excluding carboxylic acids is 1. The van der Waals surface area contributed by atoms with Gasteiger partial charge in [0, 0.05) is 12.6 Å². The summed E-state index contributed by atoms with van der Waals surface area (Å²) in [5.41, 5.74) is 0. The highest BCUT2D eigenvalue weighted by molar-refractivity contribution is 5.77. The van der Waals surface area contributed by atoms with Crippen molar-refractivity contribution in [3.05, 3.63) is 0 Å². The second kappa shape index (κ2) is 5.22. The fraction of sp³-hybridized carbons (Fsp3) is 0.900. The van der Waals surface area contributed by atoms with Gasteiger partial charge in [-0.25, -0.2) is 0 Å². The first kappa shape index (κ1) is 10.5. The molecule has 1 fully saturated rings. The summed E-state index contributed by atoms with van der Waals surface area (Å²) in [7, 11) is 0. The van der Waals surface area contributed by atoms with Crippen LogP contribution in [0.3, 0.4) is 0 Å². The van der Waals surface area contributed by atoms with Gasteiger partial charge >= 0.3 is 0 Å². The maximum atomic E-state index is 11.2. The maximum Gasteiger partial charge on any atom is 0.246 e. The normalized spacial score (nSPS) is 25.7. The molecule has 1 aliphatic carbocycles. The third kappa shape index (κ3) is 3.77. The molecular weight excluding hydrogens is 166 g/mol. The third-order valence-corrected chi connectivity index (χ3v) is 2.37. The van der Waals surface area contributed by atoms with Gasteiger partial charge in [0.1, 0.15) is 6.61 Å². The Morgan fingerprint density at radius 2 is 2.31 bits per heavy atom. The lowest BCUT2D eigenvalue weighted by molar-refractivity contribution is -0.125. The zero-order chi connectivity index (χ0) is 9.68. The van der Waals surface area contributed by atoms with Gasteiger partial charge in [0.2, 0.25) is 5.91 Å². The average molecular weight is 185 g/mol. The minimum atomic E-state index is 0.0328. The molecule has 0 spiro atoms. The molecule has 76 valence electrons. The van der Waals surface area contributed by atoms with Crippen molar-refractivity contribution in [1.29, 1.82) is 0 Å². The van der Waals surface area contributed by atoms with Crippen LogP contribution in [-0.2, 0) is 9.53 Å². The molecule has 0 bridgehead atoms. The van der Waals surface area contributed by atoms with E-state index < -0.39 is 0 Å². The van der Waals surface area contributed by atoms with Crippen LogP contribution in [-0.4, -0.2) is 25.2 Å². The summed E-state index contributed by atoms with van der Waals surface area (Å²) in [5, 5.41) is 2.96. The molecule has 2 unspecified atom stereocenters. The lowest BCUT2D eigenvalue weighted by Gasteiger charge is -2.03. The van der Waals surface area contributed by atoms with Gasteiger partial charge in [-0.1, -0.05) is 13.3 Å². The minimum Gasteiger partial charge on any atom is -0.372 e. The molecule has 0 saturated heterocycles. The summed E-state index contributed by atoms with van der Waals surface area (Å²) >= 11 is 0. The van der Waals surface area contributed by atoms with E-state index in [0.717, 1.165) is 12.3 Å². The number of nitrogens with one attached hydrogen (secondary N) is 1. The number of rotatable bonds is 6. The highest BCUT2D eigenvalue weighted by Crippen LogP contribution is 2.34. The largest absolute Gasteiger partial charge is 0.372 e. The standard InChI is InChI=1S/C10H19NO2/c1-3-5-8-6-9(8)11-10(12)7-13-4-2/h8-9H,3-7H2,1-2H3,(H,11,12). The molecule has 0 aromatic rings. The number of hydrogen-bond acceptors (Lipinski definition) is 2. The predicted molar refractivity (Wildman–Crippen MR) is 51.4 cm³/mol. The van der Waals surface area contributed by atoms with Gasteiger partial charge < -0.3 is 10.1 Å². The molecule has 1 rings (SSSR count). The smallest absolute Gasteiger partial charge is 0.246 e. The summed E-state index contributed by atoms with van der Waals surface area (Å²) in [6.45, 7) is 4.89. The first-order valence-electron chi connectivity index (χ1n) is 5.15. The molecule has 1 aliphatic rings. The lowest BCUT2D eigenvalue weighted by Crippen LogP contribution is -2.30. The molecule has 1 amide bonds. The molecule has 0 aromatic carbocycles. The van der Waals surface area contributed by atoms with Gasteiger partial charge in [0.15, 0.2) is 0 Å². The Balaban J connectivity index is 2.03.